The quantitative estimate of drug-likeness (QED) is 0.665. The number of halogens is 1. The third-order valence-electron chi connectivity index (χ3n) is 4.95. The van der Waals surface area contributed by atoms with Crippen molar-refractivity contribution in [3.8, 4) is 17.1 Å². The van der Waals surface area contributed by atoms with Gasteiger partial charge in [0.25, 0.3) is 0 Å². The highest BCUT2D eigenvalue weighted by molar-refractivity contribution is 7.71. The first kappa shape index (κ1) is 18.6. The van der Waals surface area contributed by atoms with Crippen LogP contribution in [0.15, 0.2) is 48.5 Å². The van der Waals surface area contributed by atoms with Crippen molar-refractivity contribution < 1.29 is 9.13 Å². The smallest absolute Gasteiger partial charge is 0.217 e. The molecule has 2 heterocycles. The van der Waals surface area contributed by atoms with E-state index in [0.717, 1.165) is 43.3 Å². The second-order valence-corrected chi connectivity index (χ2v) is 7.07. The van der Waals surface area contributed by atoms with E-state index in [-0.39, 0.29) is 5.82 Å². The van der Waals surface area contributed by atoms with E-state index in [1.807, 2.05) is 41.1 Å². The van der Waals surface area contributed by atoms with Gasteiger partial charge in [-0.25, -0.2) is 9.07 Å². The number of H-pyrrole nitrogens is 1. The lowest BCUT2D eigenvalue weighted by Gasteiger charge is -2.36. The number of benzene rings is 2. The van der Waals surface area contributed by atoms with E-state index in [4.69, 9.17) is 17.0 Å². The van der Waals surface area contributed by atoms with Gasteiger partial charge in [-0.3, -0.25) is 10.00 Å². The predicted molar refractivity (Wildman–Crippen MR) is 110 cm³/mol. The summed E-state index contributed by atoms with van der Waals surface area (Å²) in [7, 11) is 1.64. The molecule has 1 N–H and O–H groups in total. The first-order valence-electron chi connectivity index (χ1n) is 9.17. The van der Waals surface area contributed by atoms with Crippen molar-refractivity contribution >= 4 is 17.9 Å². The minimum Gasteiger partial charge on any atom is -0.497 e. The summed E-state index contributed by atoms with van der Waals surface area (Å²) in [4.78, 5) is 8.84. The minimum absolute atomic E-state index is 0.170. The molecule has 28 heavy (non-hydrogen) atoms. The summed E-state index contributed by atoms with van der Waals surface area (Å²) in [6, 6.07) is 14.6. The van der Waals surface area contributed by atoms with Gasteiger partial charge in [-0.2, -0.15) is 4.98 Å². The van der Waals surface area contributed by atoms with E-state index >= 15 is 0 Å². The van der Waals surface area contributed by atoms with Gasteiger partial charge < -0.3 is 9.64 Å². The summed E-state index contributed by atoms with van der Waals surface area (Å²) >= 11 is 5.42. The summed E-state index contributed by atoms with van der Waals surface area (Å²) in [6.45, 7) is 3.83. The van der Waals surface area contributed by atoms with Crippen LogP contribution < -0.4 is 9.64 Å². The molecular weight excluding hydrogens is 377 g/mol. The molecule has 1 aromatic heterocycles. The fraction of sp³-hybridized carbons (Fsp3) is 0.300. The summed E-state index contributed by atoms with van der Waals surface area (Å²) in [5, 5.41) is 3.28. The molecule has 0 unspecified atom stereocenters. The number of hydrogen-bond donors (Lipinski definition) is 1. The normalized spacial score (nSPS) is 15.0. The zero-order valence-corrected chi connectivity index (χ0v) is 16.5. The number of ether oxygens (including phenoxy) is 1. The second kappa shape index (κ2) is 8.12. The lowest BCUT2D eigenvalue weighted by molar-refractivity contribution is 0.194. The fourth-order valence-electron chi connectivity index (χ4n) is 3.37. The number of rotatable bonds is 5. The molecule has 1 saturated heterocycles. The lowest BCUT2D eigenvalue weighted by atomic mass is 10.2. The Morgan fingerprint density at radius 2 is 1.79 bits per heavy atom. The summed E-state index contributed by atoms with van der Waals surface area (Å²) in [5.41, 5.74) is 1.62. The van der Waals surface area contributed by atoms with Gasteiger partial charge in [0.05, 0.1) is 19.5 Å². The van der Waals surface area contributed by atoms with Crippen LogP contribution in [0.3, 0.4) is 0 Å². The fourth-order valence-corrected chi connectivity index (χ4v) is 3.56. The van der Waals surface area contributed by atoms with Gasteiger partial charge in [0, 0.05) is 31.7 Å². The molecule has 0 bridgehead atoms. The van der Waals surface area contributed by atoms with Gasteiger partial charge in [0.15, 0.2) is 5.82 Å². The molecule has 0 atom stereocenters. The number of aromatic amines is 1. The summed E-state index contributed by atoms with van der Waals surface area (Å²) in [5.74, 6) is 1.36. The predicted octanol–water partition coefficient (Wildman–Crippen LogP) is 3.54. The number of anilines is 1. The number of para-hydroxylation sites is 1. The molecule has 4 rings (SSSR count). The molecule has 146 valence electrons. The van der Waals surface area contributed by atoms with E-state index in [1.165, 1.54) is 6.07 Å². The van der Waals surface area contributed by atoms with Crippen LogP contribution in [-0.4, -0.2) is 53.0 Å². The standard InChI is InChI=1S/C20H22FN5OS/c1-27-16-8-6-15(7-9-16)19-22-20(28)26(23-19)14-24-10-12-25(13-11-24)18-5-3-2-4-17(18)21/h2-9H,10-14H2,1H3,(H,22,23,28). The monoisotopic (exact) mass is 399 g/mol. The van der Waals surface area contributed by atoms with Crippen LogP contribution >= 0.6 is 12.2 Å². The van der Waals surface area contributed by atoms with Gasteiger partial charge in [0.1, 0.15) is 11.6 Å². The molecule has 0 spiro atoms. The van der Waals surface area contributed by atoms with Crippen molar-refractivity contribution in [1.29, 1.82) is 0 Å². The zero-order valence-electron chi connectivity index (χ0n) is 15.6. The molecular formula is C20H22FN5OS. The van der Waals surface area contributed by atoms with Crippen LogP contribution in [0.5, 0.6) is 5.75 Å². The number of hydrogen-bond acceptors (Lipinski definition) is 5. The molecule has 3 aromatic rings. The third kappa shape index (κ3) is 3.93. The van der Waals surface area contributed by atoms with Crippen LogP contribution in [0.1, 0.15) is 0 Å². The minimum atomic E-state index is -0.170. The van der Waals surface area contributed by atoms with Crippen LogP contribution in [-0.2, 0) is 6.67 Å². The Balaban J connectivity index is 1.41. The van der Waals surface area contributed by atoms with Crippen molar-refractivity contribution in [3.63, 3.8) is 0 Å². The van der Waals surface area contributed by atoms with E-state index in [9.17, 15) is 4.39 Å². The van der Waals surface area contributed by atoms with Crippen molar-refractivity contribution in [3.05, 3.63) is 59.1 Å². The molecule has 0 radical (unpaired) electrons. The maximum Gasteiger partial charge on any atom is 0.217 e. The van der Waals surface area contributed by atoms with E-state index in [1.54, 1.807) is 13.2 Å². The average molecular weight is 399 g/mol. The Morgan fingerprint density at radius 3 is 2.46 bits per heavy atom. The largest absolute Gasteiger partial charge is 0.497 e. The maximum atomic E-state index is 14.0. The first-order valence-corrected chi connectivity index (χ1v) is 9.58. The Hall–Kier alpha value is -2.71. The van der Waals surface area contributed by atoms with Crippen molar-refractivity contribution in [1.82, 2.24) is 19.7 Å². The second-order valence-electron chi connectivity index (χ2n) is 6.71. The van der Waals surface area contributed by atoms with Gasteiger partial charge in [0.2, 0.25) is 4.77 Å². The Bertz CT molecular complexity index is 992. The highest BCUT2D eigenvalue weighted by Crippen LogP contribution is 2.21. The number of nitrogens with zero attached hydrogens (tertiary/aromatic N) is 4. The molecule has 0 aliphatic carbocycles. The van der Waals surface area contributed by atoms with Crippen molar-refractivity contribution in [2.45, 2.75) is 6.67 Å². The molecule has 0 amide bonds. The highest BCUT2D eigenvalue weighted by Gasteiger charge is 2.20. The number of methoxy groups -OCH3 is 1. The molecule has 6 nitrogen and oxygen atoms in total. The van der Waals surface area contributed by atoms with E-state index in [0.29, 0.717) is 17.1 Å². The number of aromatic nitrogens is 3. The van der Waals surface area contributed by atoms with Gasteiger partial charge in [-0.15, -0.1) is 0 Å². The number of nitrogens with one attached hydrogen (secondary N) is 1. The molecule has 0 saturated carbocycles. The van der Waals surface area contributed by atoms with Crippen LogP contribution in [0.25, 0.3) is 11.4 Å². The Morgan fingerprint density at radius 1 is 1.07 bits per heavy atom. The first-order chi connectivity index (χ1) is 13.6. The zero-order chi connectivity index (χ0) is 19.5. The molecule has 2 aromatic carbocycles. The summed E-state index contributed by atoms with van der Waals surface area (Å²) in [6.07, 6.45) is 0. The van der Waals surface area contributed by atoms with E-state index in [2.05, 4.69) is 19.9 Å². The molecule has 8 heteroatoms. The third-order valence-corrected chi connectivity index (χ3v) is 5.26. The van der Waals surface area contributed by atoms with Gasteiger partial charge in [-0.05, 0) is 48.6 Å². The van der Waals surface area contributed by atoms with E-state index < -0.39 is 0 Å². The lowest BCUT2D eigenvalue weighted by Crippen LogP contribution is -2.47. The SMILES string of the molecule is COc1ccc(-c2nc(=S)n(CN3CCN(c4ccccc4F)CC3)[nH]2)cc1. The van der Waals surface area contributed by atoms with Crippen LogP contribution in [0.4, 0.5) is 10.1 Å². The topological polar surface area (TPSA) is 49.3 Å². The Labute approximate surface area is 168 Å². The Kier molecular flexibility index (Phi) is 5.40. The van der Waals surface area contributed by atoms with Crippen LogP contribution in [0.2, 0.25) is 0 Å². The molecule has 1 aliphatic rings. The summed E-state index contributed by atoms with van der Waals surface area (Å²) < 4.78 is 21.6. The number of piperazine rings is 1. The van der Waals surface area contributed by atoms with Crippen molar-refractivity contribution in [2.75, 3.05) is 38.2 Å². The molecule has 1 aliphatic heterocycles. The molecule has 1 fully saturated rings. The highest BCUT2D eigenvalue weighted by atomic mass is 32.1. The van der Waals surface area contributed by atoms with Crippen LogP contribution in [0, 0.1) is 10.6 Å². The average Bonchev–Trinajstić information content (AvgIpc) is 3.09. The van der Waals surface area contributed by atoms with Crippen molar-refractivity contribution in [2.24, 2.45) is 0 Å². The van der Waals surface area contributed by atoms with Gasteiger partial charge >= 0.3 is 0 Å². The van der Waals surface area contributed by atoms with Gasteiger partial charge in [-0.1, -0.05) is 12.1 Å². The maximum absolute atomic E-state index is 14.0.